The quantitative estimate of drug-likeness (QED) is 0.167. The van der Waals surface area contributed by atoms with Gasteiger partial charge in [0.1, 0.15) is 36.5 Å². The molecule has 3 heterocycles. The topological polar surface area (TPSA) is 119 Å². The molecular weight excluding hydrogens is 691 g/mol. The number of nitrogens with one attached hydrogen (secondary N) is 1. The van der Waals surface area contributed by atoms with Crippen LogP contribution in [-0.2, 0) is 29.7 Å². The fourth-order valence-electron chi connectivity index (χ4n) is 8.10. The lowest BCUT2D eigenvalue weighted by Gasteiger charge is -2.53. The number of thioether (sulfide) groups is 1. The van der Waals surface area contributed by atoms with E-state index in [0.717, 1.165) is 11.3 Å². The molecule has 0 aliphatic carbocycles. The first-order chi connectivity index (χ1) is 23.3. The van der Waals surface area contributed by atoms with E-state index in [9.17, 15) is 9.59 Å². The summed E-state index contributed by atoms with van der Waals surface area (Å²) in [5.74, 6) is 1.20. The Bertz CT molecular complexity index is 1490. The third-order valence-corrected chi connectivity index (χ3v) is 21.5. The Labute approximate surface area is 304 Å². The summed E-state index contributed by atoms with van der Waals surface area (Å²) in [6.45, 7) is 26.7. The normalized spacial score (nSPS) is 22.6. The van der Waals surface area contributed by atoms with Crippen LogP contribution in [0.15, 0.2) is 41.3 Å². The SMILES string of the molecule is CSCO[C@@H]1[C@@H]2O[Si](C(C)(C)C)(C(C)(C)C)OC[C@H]2O[C@H]1n1ccc(NC(=O)OCc2ccccc2O[Si](C(C)C)(C(C)C)C(C)C)nc1=O. The van der Waals surface area contributed by atoms with Gasteiger partial charge in [0, 0.05) is 21.8 Å². The first-order valence-electron chi connectivity index (χ1n) is 17.7. The number of ether oxygens (including phenoxy) is 3. The summed E-state index contributed by atoms with van der Waals surface area (Å²) in [6.07, 6.45) is 0.574. The minimum absolute atomic E-state index is 0.000988. The number of hydrogen-bond donors (Lipinski definition) is 1. The zero-order chi connectivity index (χ0) is 37.2. The Morgan fingerprint density at radius 3 is 2.22 bits per heavy atom. The lowest BCUT2D eigenvalue weighted by Crippen LogP contribution is -2.65. The highest BCUT2D eigenvalue weighted by Gasteiger charge is 2.65. The van der Waals surface area contributed by atoms with Gasteiger partial charge in [0.15, 0.2) is 6.23 Å². The van der Waals surface area contributed by atoms with Gasteiger partial charge in [-0.15, -0.1) is 11.8 Å². The average molecular weight is 750 g/mol. The number of amides is 1. The Morgan fingerprint density at radius 1 is 1.04 bits per heavy atom. The number of nitrogens with zero attached hydrogens (tertiary/aromatic N) is 2. The molecule has 2 aliphatic heterocycles. The van der Waals surface area contributed by atoms with Gasteiger partial charge in [0.25, 0.3) is 8.32 Å². The van der Waals surface area contributed by atoms with Gasteiger partial charge in [-0.05, 0) is 35.0 Å². The van der Waals surface area contributed by atoms with Crippen molar-refractivity contribution >= 4 is 40.6 Å². The predicted octanol–water partition coefficient (Wildman–Crippen LogP) is 8.61. The van der Waals surface area contributed by atoms with Crippen molar-refractivity contribution in [1.29, 1.82) is 0 Å². The molecular formula is C36H59N3O8SSi2. The number of para-hydroxylation sites is 1. The minimum atomic E-state index is -2.83. The highest BCUT2D eigenvalue weighted by molar-refractivity contribution is 7.98. The third-order valence-electron chi connectivity index (χ3n) is 10.1. The van der Waals surface area contributed by atoms with Crippen LogP contribution in [0.3, 0.4) is 0 Å². The van der Waals surface area contributed by atoms with Crippen molar-refractivity contribution in [3.63, 3.8) is 0 Å². The summed E-state index contributed by atoms with van der Waals surface area (Å²) in [5.41, 5.74) is 1.35. The van der Waals surface area contributed by atoms with E-state index in [0.29, 0.717) is 29.2 Å². The molecule has 0 saturated carbocycles. The molecule has 2 aromatic rings. The van der Waals surface area contributed by atoms with Crippen molar-refractivity contribution in [1.82, 2.24) is 9.55 Å². The van der Waals surface area contributed by atoms with Crippen molar-refractivity contribution in [2.45, 2.75) is 141 Å². The molecule has 2 fully saturated rings. The second-order valence-electron chi connectivity index (χ2n) is 16.3. The number of carbonyl (C=O) groups is 1. The molecule has 0 radical (unpaired) electrons. The molecule has 280 valence electrons. The smallest absolute Gasteiger partial charge is 0.413 e. The van der Waals surface area contributed by atoms with Crippen LogP contribution in [0.25, 0.3) is 0 Å². The summed E-state index contributed by atoms with van der Waals surface area (Å²) in [4.78, 5) is 30.5. The van der Waals surface area contributed by atoms with Crippen LogP contribution in [0, 0.1) is 0 Å². The van der Waals surface area contributed by atoms with Gasteiger partial charge in [-0.3, -0.25) is 9.88 Å². The molecule has 4 rings (SSSR count). The van der Waals surface area contributed by atoms with Gasteiger partial charge in [-0.1, -0.05) is 101 Å². The molecule has 1 N–H and O–H groups in total. The first-order valence-corrected chi connectivity index (χ1v) is 23.0. The summed E-state index contributed by atoms with van der Waals surface area (Å²) in [5, 5.41) is 2.15. The number of fused-ring (bicyclic) bond motifs is 1. The Kier molecular flexibility index (Phi) is 12.8. The van der Waals surface area contributed by atoms with Crippen LogP contribution in [0.2, 0.25) is 26.7 Å². The van der Waals surface area contributed by atoms with Gasteiger partial charge in [-0.25, -0.2) is 9.59 Å². The molecule has 1 aromatic carbocycles. The number of benzene rings is 1. The maximum absolute atomic E-state index is 13.4. The highest BCUT2D eigenvalue weighted by atomic mass is 32.2. The monoisotopic (exact) mass is 749 g/mol. The molecule has 11 nitrogen and oxygen atoms in total. The van der Waals surface area contributed by atoms with E-state index in [4.69, 9.17) is 27.5 Å². The van der Waals surface area contributed by atoms with Crippen molar-refractivity contribution in [2.24, 2.45) is 0 Å². The number of rotatable bonds is 12. The second-order valence-corrected chi connectivity index (χ2v) is 27.3. The Hall–Kier alpha value is -2.21. The highest BCUT2D eigenvalue weighted by Crippen LogP contribution is 2.56. The number of anilines is 1. The van der Waals surface area contributed by atoms with Crippen molar-refractivity contribution in [2.75, 3.05) is 24.1 Å². The van der Waals surface area contributed by atoms with Gasteiger partial charge >= 0.3 is 20.3 Å². The molecule has 50 heavy (non-hydrogen) atoms. The molecule has 14 heteroatoms. The molecule has 0 unspecified atom stereocenters. The average Bonchev–Trinajstić information content (AvgIpc) is 3.37. The maximum Gasteiger partial charge on any atom is 0.413 e. The van der Waals surface area contributed by atoms with Gasteiger partial charge in [0.05, 0.1) is 12.5 Å². The second kappa shape index (κ2) is 15.8. The molecule has 2 saturated heterocycles. The Morgan fingerprint density at radius 2 is 1.66 bits per heavy atom. The third kappa shape index (κ3) is 8.06. The van der Waals surface area contributed by atoms with E-state index >= 15 is 0 Å². The predicted molar refractivity (Wildman–Crippen MR) is 204 cm³/mol. The van der Waals surface area contributed by atoms with Crippen LogP contribution in [0.1, 0.15) is 94.9 Å². The number of carbonyl (C=O) groups excluding carboxylic acids is 1. The summed E-state index contributed by atoms with van der Waals surface area (Å²) >= 11 is 1.54. The first kappa shape index (κ1) is 40.6. The van der Waals surface area contributed by atoms with Crippen LogP contribution in [0.4, 0.5) is 10.6 Å². The fraction of sp³-hybridized carbons (Fsp3) is 0.694. The molecule has 1 aromatic heterocycles. The zero-order valence-electron chi connectivity index (χ0n) is 32.2. The van der Waals surface area contributed by atoms with Gasteiger partial charge in [-0.2, -0.15) is 4.98 Å². The van der Waals surface area contributed by atoms with Crippen molar-refractivity contribution < 1.29 is 32.3 Å². The van der Waals surface area contributed by atoms with E-state index in [-0.39, 0.29) is 22.5 Å². The van der Waals surface area contributed by atoms with E-state index in [1.807, 2.05) is 30.5 Å². The van der Waals surface area contributed by atoms with Crippen molar-refractivity contribution in [3.8, 4) is 5.75 Å². The molecule has 2 aliphatic rings. The van der Waals surface area contributed by atoms with Crippen LogP contribution in [0.5, 0.6) is 5.75 Å². The molecule has 1 amide bonds. The zero-order valence-corrected chi connectivity index (χ0v) is 35.0. The van der Waals surface area contributed by atoms with Crippen LogP contribution in [-0.4, -0.2) is 69.6 Å². The van der Waals surface area contributed by atoms with Crippen LogP contribution < -0.4 is 15.4 Å². The molecule has 0 spiro atoms. The van der Waals surface area contributed by atoms with E-state index in [2.05, 4.69) is 93.4 Å². The Balaban J connectivity index is 1.49. The fourth-order valence-corrected chi connectivity index (χ4v) is 18.6. The van der Waals surface area contributed by atoms with E-state index < -0.39 is 53.2 Å². The molecule has 0 bridgehead atoms. The largest absolute Gasteiger partial charge is 0.542 e. The number of hydrogen-bond acceptors (Lipinski definition) is 10. The summed E-state index contributed by atoms with van der Waals surface area (Å²) in [7, 11) is -5.05. The summed E-state index contributed by atoms with van der Waals surface area (Å²) in [6, 6.07) is 9.23. The van der Waals surface area contributed by atoms with E-state index in [1.54, 1.807) is 12.3 Å². The van der Waals surface area contributed by atoms with Crippen molar-refractivity contribution in [3.05, 3.63) is 52.6 Å². The minimum Gasteiger partial charge on any atom is -0.542 e. The standard InChI is InChI=1S/C36H59N3O8SSi2/c1-23(2)49(24(3)4,25(5)6)46-27-17-15-14-16-26(27)20-42-34(41)38-29-18-19-39(33(40)37-29)32-31(43-22-48-13)30-28(45-32)21-44-50(47-30,35(7,8)9)36(10,11)12/h14-19,23-25,28,30-32H,20-22H2,1-13H3,(H,37,38,40,41)/t28-,30-,31-,32-/m1/s1. The van der Waals surface area contributed by atoms with Gasteiger partial charge < -0.3 is 27.5 Å². The number of aromatic nitrogens is 2. The van der Waals surface area contributed by atoms with Crippen LogP contribution >= 0.6 is 11.8 Å². The lowest BCUT2D eigenvalue weighted by atomic mass is 10.1. The maximum atomic E-state index is 13.4. The van der Waals surface area contributed by atoms with Gasteiger partial charge in [0.2, 0.25) is 0 Å². The lowest BCUT2D eigenvalue weighted by molar-refractivity contribution is -0.0809. The molecule has 4 atom stereocenters. The summed E-state index contributed by atoms with van der Waals surface area (Å²) < 4.78 is 40.2. The van der Waals surface area contributed by atoms with E-state index in [1.165, 1.54) is 16.3 Å².